The van der Waals surface area contributed by atoms with Crippen LogP contribution < -0.4 is 0 Å². The van der Waals surface area contributed by atoms with Gasteiger partial charge in [0.05, 0.1) is 15.5 Å². The van der Waals surface area contributed by atoms with Crippen molar-refractivity contribution >= 4 is 28.9 Å². The first kappa shape index (κ1) is 12.8. The fourth-order valence-corrected chi connectivity index (χ4v) is 1.99. The van der Waals surface area contributed by atoms with Crippen LogP contribution in [-0.2, 0) is 0 Å². The molecule has 0 saturated heterocycles. The first-order valence-electron chi connectivity index (χ1n) is 4.89. The molecule has 2 aromatic carbocycles. The first-order valence-corrected chi connectivity index (χ1v) is 5.64. The third-order valence-corrected chi connectivity index (χ3v) is 3.18. The number of hydrogen-bond acceptors (Lipinski definition) is 2. The Hall–Kier alpha value is -1.65. The molecule has 2 aromatic rings. The average Bonchev–Trinajstić information content (AvgIpc) is 2.32. The molecule has 18 heavy (non-hydrogen) atoms. The molecule has 0 heterocycles. The molecule has 0 bridgehead atoms. The van der Waals surface area contributed by atoms with E-state index in [2.05, 4.69) is 0 Å². The Balaban J connectivity index is 2.72. The van der Waals surface area contributed by atoms with Crippen LogP contribution in [0.1, 0.15) is 0 Å². The second-order valence-electron chi connectivity index (χ2n) is 3.52. The number of benzene rings is 2. The molecule has 92 valence electrons. The summed E-state index contributed by atoms with van der Waals surface area (Å²) >= 11 is 11.6. The largest absolute Gasteiger partial charge is 0.297 e. The van der Waals surface area contributed by atoms with Crippen LogP contribution in [0.2, 0.25) is 10.0 Å². The standard InChI is InChI=1S/C12H6Cl2FNO2/c13-10-5-4-9(12(11(10)14)16(17)18)7-2-1-3-8(15)6-7/h1-6H. The van der Waals surface area contributed by atoms with Gasteiger partial charge in [0.15, 0.2) is 0 Å². The molecule has 0 amide bonds. The van der Waals surface area contributed by atoms with E-state index in [1.807, 2.05) is 0 Å². The second-order valence-corrected chi connectivity index (χ2v) is 4.31. The monoisotopic (exact) mass is 285 g/mol. The van der Waals surface area contributed by atoms with Gasteiger partial charge in [0.25, 0.3) is 5.69 Å². The van der Waals surface area contributed by atoms with Crippen LogP contribution in [0.15, 0.2) is 36.4 Å². The maximum absolute atomic E-state index is 13.1. The number of hydrogen-bond donors (Lipinski definition) is 0. The quantitative estimate of drug-likeness (QED) is 0.592. The van der Waals surface area contributed by atoms with Crippen molar-refractivity contribution < 1.29 is 9.31 Å². The lowest BCUT2D eigenvalue weighted by atomic mass is 10.0. The van der Waals surface area contributed by atoms with E-state index in [4.69, 9.17) is 23.2 Å². The summed E-state index contributed by atoms with van der Waals surface area (Å²) in [7, 11) is 0. The summed E-state index contributed by atoms with van der Waals surface area (Å²) in [5.74, 6) is -0.479. The Kier molecular flexibility index (Phi) is 3.50. The third-order valence-electron chi connectivity index (χ3n) is 2.39. The van der Waals surface area contributed by atoms with Crippen molar-refractivity contribution in [2.75, 3.05) is 0 Å². The minimum absolute atomic E-state index is 0.0866. The summed E-state index contributed by atoms with van der Waals surface area (Å²) < 4.78 is 13.1. The van der Waals surface area contributed by atoms with Gasteiger partial charge in [-0.3, -0.25) is 10.1 Å². The summed E-state index contributed by atoms with van der Waals surface area (Å²) in [6.45, 7) is 0. The Bertz CT molecular complexity index is 631. The van der Waals surface area contributed by atoms with Crippen molar-refractivity contribution in [3.05, 3.63) is 62.4 Å². The van der Waals surface area contributed by atoms with Crippen molar-refractivity contribution in [1.29, 1.82) is 0 Å². The molecule has 0 fully saturated rings. The second kappa shape index (κ2) is 4.92. The van der Waals surface area contributed by atoms with Crippen molar-refractivity contribution in [2.45, 2.75) is 0 Å². The highest BCUT2D eigenvalue weighted by molar-refractivity contribution is 6.43. The molecule has 6 heteroatoms. The van der Waals surface area contributed by atoms with E-state index in [1.54, 1.807) is 6.07 Å². The zero-order valence-electron chi connectivity index (χ0n) is 8.86. The van der Waals surface area contributed by atoms with Crippen LogP contribution in [0.25, 0.3) is 11.1 Å². The summed E-state index contributed by atoms with van der Waals surface area (Å²) in [6, 6.07) is 8.38. The first-order chi connectivity index (χ1) is 8.50. The lowest BCUT2D eigenvalue weighted by molar-refractivity contribution is -0.384. The zero-order chi connectivity index (χ0) is 13.3. The highest BCUT2D eigenvalue weighted by atomic mass is 35.5. The molecule has 0 aliphatic heterocycles. The van der Waals surface area contributed by atoms with Crippen LogP contribution >= 0.6 is 23.2 Å². The van der Waals surface area contributed by atoms with Gasteiger partial charge in [-0.25, -0.2) is 4.39 Å². The van der Waals surface area contributed by atoms with E-state index in [1.165, 1.54) is 30.3 Å². The summed E-state index contributed by atoms with van der Waals surface area (Å²) in [5.41, 5.74) is 0.281. The Morgan fingerprint density at radius 2 is 1.89 bits per heavy atom. The maximum Gasteiger partial charge on any atom is 0.297 e. The predicted octanol–water partition coefficient (Wildman–Crippen LogP) is 4.71. The van der Waals surface area contributed by atoms with Gasteiger partial charge in [0.2, 0.25) is 0 Å². The van der Waals surface area contributed by atoms with Gasteiger partial charge in [0, 0.05) is 0 Å². The van der Waals surface area contributed by atoms with Crippen LogP contribution in [0.4, 0.5) is 10.1 Å². The number of rotatable bonds is 2. The van der Waals surface area contributed by atoms with Crippen molar-refractivity contribution in [2.24, 2.45) is 0 Å². The maximum atomic E-state index is 13.1. The summed E-state index contributed by atoms with van der Waals surface area (Å²) in [4.78, 5) is 10.4. The van der Waals surface area contributed by atoms with E-state index in [0.29, 0.717) is 5.56 Å². The minimum Gasteiger partial charge on any atom is -0.258 e. The average molecular weight is 286 g/mol. The number of nitro benzene ring substituents is 1. The SMILES string of the molecule is O=[N+]([O-])c1c(-c2cccc(F)c2)ccc(Cl)c1Cl. The normalized spacial score (nSPS) is 10.4. The van der Waals surface area contributed by atoms with Gasteiger partial charge < -0.3 is 0 Å². The molecule has 0 unspecified atom stereocenters. The van der Waals surface area contributed by atoms with Crippen molar-refractivity contribution in [3.63, 3.8) is 0 Å². The summed E-state index contributed by atoms with van der Waals surface area (Å²) in [6.07, 6.45) is 0. The molecular weight excluding hydrogens is 280 g/mol. The van der Waals surface area contributed by atoms with Crippen LogP contribution in [0, 0.1) is 15.9 Å². The highest BCUT2D eigenvalue weighted by Crippen LogP contribution is 2.40. The molecule has 2 rings (SSSR count). The molecule has 0 aromatic heterocycles. The number of halogens is 3. The minimum atomic E-state index is -0.631. The molecule has 3 nitrogen and oxygen atoms in total. The van der Waals surface area contributed by atoms with Gasteiger partial charge in [-0.15, -0.1) is 0 Å². The Labute approximate surface area is 112 Å². The van der Waals surface area contributed by atoms with E-state index < -0.39 is 10.7 Å². The molecule has 0 atom stereocenters. The molecule has 0 saturated carbocycles. The fourth-order valence-electron chi connectivity index (χ4n) is 1.61. The van der Waals surface area contributed by atoms with E-state index >= 15 is 0 Å². The van der Waals surface area contributed by atoms with Gasteiger partial charge in [-0.2, -0.15) is 0 Å². The Morgan fingerprint density at radius 1 is 1.17 bits per heavy atom. The molecule has 0 spiro atoms. The lowest BCUT2D eigenvalue weighted by Gasteiger charge is -2.06. The number of nitrogens with zero attached hydrogens (tertiary/aromatic N) is 1. The van der Waals surface area contributed by atoms with Crippen LogP contribution in [0.5, 0.6) is 0 Å². The smallest absolute Gasteiger partial charge is 0.258 e. The topological polar surface area (TPSA) is 43.1 Å². The number of nitro groups is 1. The van der Waals surface area contributed by atoms with Gasteiger partial charge in [-0.05, 0) is 29.8 Å². The molecule has 0 radical (unpaired) electrons. The Morgan fingerprint density at radius 3 is 2.50 bits per heavy atom. The predicted molar refractivity (Wildman–Crippen MR) is 68.5 cm³/mol. The zero-order valence-corrected chi connectivity index (χ0v) is 10.4. The van der Waals surface area contributed by atoms with Gasteiger partial charge in [-0.1, -0.05) is 35.3 Å². The summed E-state index contributed by atoms with van der Waals surface area (Å²) in [5, 5.41) is 11.0. The van der Waals surface area contributed by atoms with E-state index in [9.17, 15) is 14.5 Å². The van der Waals surface area contributed by atoms with E-state index in [0.717, 1.165) is 0 Å². The molecule has 0 aliphatic rings. The van der Waals surface area contributed by atoms with Gasteiger partial charge >= 0.3 is 0 Å². The highest BCUT2D eigenvalue weighted by Gasteiger charge is 2.22. The molecule has 0 N–H and O–H groups in total. The van der Waals surface area contributed by atoms with Crippen molar-refractivity contribution in [3.8, 4) is 11.1 Å². The van der Waals surface area contributed by atoms with Crippen LogP contribution in [0.3, 0.4) is 0 Å². The van der Waals surface area contributed by atoms with E-state index in [-0.39, 0.29) is 21.3 Å². The van der Waals surface area contributed by atoms with Gasteiger partial charge in [0.1, 0.15) is 10.8 Å². The molecule has 0 aliphatic carbocycles. The molecular formula is C12H6Cl2FNO2. The lowest BCUT2D eigenvalue weighted by Crippen LogP contribution is -1.94. The third kappa shape index (κ3) is 2.30. The van der Waals surface area contributed by atoms with Crippen molar-refractivity contribution in [1.82, 2.24) is 0 Å². The van der Waals surface area contributed by atoms with Crippen LogP contribution in [-0.4, -0.2) is 4.92 Å². The fraction of sp³-hybridized carbons (Fsp3) is 0.